The fourth-order valence-electron chi connectivity index (χ4n) is 0.972. The predicted molar refractivity (Wildman–Crippen MR) is 59.0 cm³/mol. The van der Waals surface area contributed by atoms with Crippen LogP contribution in [0.5, 0.6) is 5.75 Å². The highest BCUT2D eigenvalue weighted by atomic mass is 32.2. The van der Waals surface area contributed by atoms with Gasteiger partial charge in [0.15, 0.2) is 11.9 Å². The zero-order chi connectivity index (χ0) is 10.6. The van der Waals surface area contributed by atoms with Gasteiger partial charge < -0.3 is 4.74 Å². The Morgan fingerprint density at radius 1 is 1.29 bits per heavy atom. The first-order chi connectivity index (χ1) is 6.57. The van der Waals surface area contributed by atoms with Gasteiger partial charge in [-0.1, -0.05) is 0 Å². The van der Waals surface area contributed by atoms with Crippen molar-refractivity contribution in [3.05, 3.63) is 24.3 Å². The van der Waals surface area contributed by atoms with Crippen LogP contribution in [0.1, 0.15) is 13.8 Å². The van der Waals surface area contributed by atoms with Crippen LogP contribution in [0.4, 0.5) is 0 Å². The van der Waals surface area contributed by atoms with Crippen LogP contribution in [0, 0.1) is 0 Å². The summed E-state index contributed by atoms with van der Waals surface area (Å²) in [5.41, 5.74) is -0.749. The number of hydrogen-bond acceptors (Lipinski definition) is 3. The third-order valence-electron chi connectivity index (χ3n) is 1.72. The molecule has 0 amide bonds. The zero-order valence-corrected chi connectivity index (χ0v) is 9.43. The molecule has 0 atom stereocenters. The second-order valence-electron chi connectivity index (χ2n) is 3.50. The van der Waals surface area contributed by atoms with Crippen molar-refractivity contribution in [1.29, 1.82) is 0 Å². The largest absolute Gasteiger partial charge is 0.480 e. The molecule has 0 aliphatic carbocycles. The van der Waals surface area contributed by atoms with E-state index in [4.69, 9.17) is 4.74 Å². The summed E-state index contributed by atoms with van der Waals surface area (Å²) < 4.78 is 5.47. The average Bonchev–Trinajstić information content (AvgIpc) is 2.19. The minimum atomic E-state index is -0.749. The van der Waals surface area contributed by atoms with Gasteiger partial charge in [0.1, 0.15) is 5.75 Å². The Morgan fingerprint density at radius 3 is 2.29 bits per heavy atom. The van der Waals surface area contributed by atoms with E-state index in [0.717, 1.165) is 12.0 Å². The molecule has 0 aliphatic rings. The molecule has 3 heteroatoms. The minimum Gasteiger partial charge on any atom is -0.480 e. The molecule has 0 N–H and O–H groups in total. The summed E-state index contributed by atoms with van der Waals surface area (Å²) in [6, 6.07) is 7.69. The lowest BCUT2D eigenvalue weighted by Gasteiger charge is -2.19. The molecule has 2 nitrogen and oxygen atoms in total. The summed E-state index contributed by atoms with van der Waals surface area (Å²) >= 11 is 1.68. The van der Waals surface area contributed by atoms with Gasteiger partial charge in [-0.2, -0.15) is 0 Å². The molecule has 0 spiro atoms. The molecular weight excluding hydrogens is 196 g/mol. The van der Waals surface area contributed by atoms with Crippen LogP contribution >= 0.6 is 11.8 Å². The van der Waals surface area contributed by atoms with Gasteiger partial charge in [-0.3, -0.25) is 4.79 Å². The summed E-state index contributed by atoms with van der Waals surface area (Å²) in [7, 11) is 0. The van der Waals surface area contributed by atoms with Crippen LogP contribution in [-0.4, -0.2) is 18.1 Å². The van der Waals surface area contributed by atoms with Crippen LogP contribution in [0.3, 0.4) is 0 Å². The minimum absolute atomic E-state index is 0.722. The second kappa shape index (κ2) is 4.51. The van der Waals surface area contributed by atoms with E-state index in [1.165, 1.54) is 4.90 Å². The number of carbonyl (C=O) groups excluding carboxylic acids is 1. The SMILES string of the molecule is CSc1ccc(OC(C)(C)C=O)cc1. The Bertz CT molecular complexity index is 304. The Kier molecular flexibility index (Phi) is 3.58. The van der Waals surface area contributed by atoms with Gasteiger partial charge in [-0.15, -0.1) is 11.8 Å². The predicted octanol–water partition coefficient (Wildman–Crippen LogP) is 2.76. The van der Waals surface area contributed by atoms with E-state index in [1.807, 2.05) is 30.5 Å². The molecule has 1 rings (SSSR count). The van der Waals surface area contributed by atoms with Gasteiger partial charge in [0.25, 0.3) is 0 Å². The highest BCUT2D eigenvalue weighted by molar-refractivity contribution is 7.98. The Morgan fingerprint density at radius 2 is 1.86 bits per heavy atom. The van der Waals surface area contributed by atoms with Crippen molar-refractivity contribution in [2.45, 2.75) is 24.3 Å². The molecule has 76 valence electrons. The molecule has 0 heterocycles. The molecule has 0 aliphatic heterocycles. The van der Waals surface area contributed by atoms with Gasteiger partial charge in [0, 0.05) is 4.90 Å². The molecule has 0 fully saturated rings. The monoisotopic (exact) mass is 210 g/mol. The van der Waals surface area contributed by atoms with Gasteiger partial charge in [-0.05, 0) is 44.4 Å². The fraction of sp³-hybridized carbons (Fsp3) is 0.364. The molecule has 0 saturated carbocycles. The van der Waals surface area contributed by atoms with Gasteiger partial charge in [0.05, 0.1) is 0 Å². The lowest BCUT2D eigenvalue weighted by molar-refractivity contribution is -0.118. The lowest BCUT2D eigenvalue weighted by atomic mass is 10.2. The highest BCUT2D eigenvalue weighted by Crippen LogP contribution is 2.21. The first kappa shape index (κ1) is 11.1. The topological polar surface area (TPSA) is 26.3 Å². The van der Waals surface area contributed by atoms with E-state index < -0.39 is 5.60 Å². The summed E-state index contributed by atoms with van der Waals surface area (Å²) in [4.78, 5) is 11.8. The molecule has 0 bridgehead atoms. The van der Waals surface area contributed by atoms with E-state index in [9.17, 15) is 4.79 Å². The van der Waals surface area contributed by atoms with E-state index in [2.05, 4.69) is 0 Å². The number of carbonyl (C=O) groups is 1. The maximum atomic E-state index is 10.6. The zero-order valence-electron chi connectivity index (χ0n) is 8.61. The van der Waals surface area contributed by atoms with E-state index in [-0.39, 0.29) is 0 Å². The van der Waals surface area contributed by atoms with Crippen molar-refractivity contribution in [3.8, 4) is 5.75 Å². The quantitative estimate of drug-likeness (QED) is 0.564. The molecule has 0 saturated heterocycles. The molecular formula is C11H14O2S. The molecule has 1 aromatic rings. The molecule has 0 aromatic heterocycles. The summed E-state index contributed by atoms with van der Waals surface area (Å²) in [6.45, 7) is 3.48. The summed E-state index contributed by atoms with van der Waals surface area (Å²) in [5.74, 6) is 0.722. The van der Waals surface area contributed by atoms with E-state index in [0.29, 0.717) is 0 Å². The van der Waals surface area contributed by atoms with Crippen molar-refractivity contribution in [2.75, 3.05) is 6.26 Å². The van der Waals surface area contributed by atoms with E-state index >= 15 is 0 Å². The average molecular weight is 210 g/mol. The Hall–Kier alpha value is -0.960. The molecule has 0 radical (unpaired) electrons. The number of thioether (sulfide) groups is 1. The Balaban J connectivity index is 2.73. The van der Waals surface area contributed by atoms with Gasteiger partial charge >= 0.3 is 0 Å². The fourth-order valence-corrected chi connectivity index (χ4v) is 1.38. The van der Waals surface area contributed by atoms with E-state index in [1.54, 1.807) is 25.6 Å². The number of benzene rings is 1. The third kappa shape index (κ3) is 3.07. The number of ether oxygens (including phenoxy) is 1. The normalized spacial score (nSPS) is 11.1. The molecule has 14 heavy (non-hydrogen) atoms. The van der Waals surface area contributed by atoms with Crippen LogP contribution < -0.4 is 4.74 Å². The van der Waals surface area contributed by atoms with Crippen LogP contribution in [-0.2, 0) is 4.79 Å². The van der Waals surface area contributed by atoms with Crippen LogP contribution in [0.15, 0.2) is 29.2 Å². The maximum absolute atomic E-state index is 10.6. The van der Waals surface area contributed by atoms with Gasteiger partial charge in [0.2, 0.25) is 0 Å². The lowest BCUT2D eigenvalue weighted by Crippen LogP contribution is -2.29. The first-order valence-electron chi connectivity index (χ1n) is 4.37. The van der Waals surface area contributed by atoms with Crippen molar-refractivity contribution in [2.24, 2.45) is 0 Å². The number of aldehydes is 1. The van der Waals surface area contributed by atoms with Gasteiger partial charge in [-0.25, -0.2) is 0 Å². The summed E-state index contributed by atoms with van der Waals surface area (Å²) in [6.07, 6.45) is 2.82. The van der Waals surface area contributed by atoms with Crippen molar-refractivity contribution in [3.63, 3.8) is 0 Å². The molecule has 0 unspecified atom stereocenters. The first-order valence-corrected chi connectivity index (χ1v) is 5.59. The third-order valence-corrected chi connectivity index (χ3v) is 2.47. The van der Waals surface area contributed by atoms with Crippen LogP contribution in [0.25, 0.3) is 0 Å². The number of hydrogen-bond donors (Lipinski definition) is 0. The van der Waals surface area contributed by atoms with Crippen molar-refractivity contribution >= 4 is 18.0 Å². The van der Waals surface area contributed by atoms with Crippen LogP contribution in [0.2, 0.25) is 0 Å². The maximum Gasteiger partial charge on any atom is 0.162 e. The number of rotatable bonds is 4. The van der Waals surface area contributed by atoms with Crippen molar-refractivity contribution in [1.82, 2.24) is 0 Å². The second-order valence-corrected chi connectivity index (χ2v) is 4.38. The van der Waals surface area contributed by atoms with Crippen molar-refractivity contribution < 1.29 is 9.53 Å². The highest BCUT2D eigenvalue weighted by Gasteiger charge is 2.17. The standard InChI is InChI=1S/C11H14O2S/c1-11(2,8-12)13-9-4-6-10(14-3)7-5-9/h4-8H,1-3H3. The smallest absolute Gasteiger partial charge is 0.162 e. The Labute approximate surface area is 88.7 Å². The molecule has 1 aromatic carbocycles. The summed E-state index contributed by atoms with van der Waals surface area (Å²) in [5, 5.41) is 0.